The van der Waals surface area contributed by atoms with Gasteiger partial charge in [-0.1, -0.05) is 41.9 Å². The minimum atomic E-state index is 0.239. The molecule has 0 amide bonds. The van der Waals surface area contributed by atoms with Crippen molar-refractivity contribution < 1.29 is 0 Å². The van der Waals surface area contributed by atoms with Crippen LogP contribution in [0.15, 0.2) is 35.3 Å². The Balaban J connectivity index is 2.31. The standard InChI is InChI=1S/C13H14ClN3/c1-9(2)15-8-11-12(14)17-13(16-11)10-6-4-3-5-7-10/h3-9H,1-2H3,(H,16,17). The van der Waals surface area contributed by atoms with Gasteiger partial charge in [-0.05, 0) is 13.8 Å². The summed E-state index contributed by atoms with van der Waals surface area (Å²) in [5.41, 5.74) is 1.69. The van der Waals surface area contributed by atoms with Crippen molar-refractivity contribution in [3.63, 3.8) is 0 Å². The fourth-order valence-corrected chi connectivity index (χ4v) is 1.58. The molecule has 1 N–H and O–H groups in total. The monoisotopic (exact) mass is 247 g/mol. The number of aliphatic imine (C=N–C) groups is 1. The number of aromatic nitrogens is 2. The molecule has 88 valence electrons. The molecule has 0 spiro atoms. The topological polar surface area (TPSA) is 41.0 Å². The van der Waals surface area contributed by atoms with Crippen LogP contribution in [-0.4, -0.2) is 22.2 Å². The first-order valence-corrected chi connectivity index (χ1v) is 5.88. The summed E-state index contributed by atoms with van der Waals surface area (Å²) < 4.78 is 0. The van der Waals surface area contributed by atoms with E-state index in [0.29, 0.717) is 10.8 Å². The number of nitrogens with zero attached hydrogens (tertiary/aromatic N) is 2. The van der Waals surface area contributed by atoms with Crippen molar-refractivity contribution >= 4 is 17.8 Å². The van der Waals surface area contributed by atoms with Crippen molar-refractivity contribution in [3.8, 4) is 11.4 Å². The molecule has 0 saturated heterocycles. The first-order chi connectivity index (χ1) is 8.16. The zero-order valence-electron chi connectivity index (χ0n) is 9.81. The molecular weight excluding hydrogens is 234 g/mol. The average molecular weight is 248 g/mol. The van der Waals surface area contributed by atoms with Crippen molar-refractivity contribution in [3.05, 3.63) is 41.2 Å². The number of hydrogen-bond donors (Lipinski definition) is 1. The van der Waals surface area contributed by atoms with Crippen LogP contribution in [0, 0.1) is 0 Å². The summed E-state index contributed by atoms with van der Waals surface area (Å²) in [4.78, 5) is 11.7. The summed E-state index contributed by atoms with van der Waals surface area (Å²) in [5.74, 6) is 0.765. The molecule has 0 bridgehead atoms. The number of H-pyrrole nitrogens is 1. The minimum Gasteiger partial charge on any atom is -0.328 e. The summed E-state index contributed by atoms with van der Waals surface area (Å²) in [6, 6.07) is 10.1. The van der Waals surface area contributed by atoms with Crippen molar-refractivity contribution in [1.82, 2.24) is 9.97 Å². The average Bonchev–Trinajstić information content (AvgIpc) is 2.69. The number of halogens is 1. The number of benzene rings is 1. The third-order valence-corrected chi connectivity index (χ3v) is 2.52. The minimum absolute atomic E-state index is 0.239. The Bertz CT molecular complexity index is 515. The predicted molar refractivity (Wildman–Crippen MR) is 71.8 cm³/mol. The van der Waals surface area contributed by atoms with E-state index >= 15 is 0 Å². The molecule has 2 aromatic rings. The summed E-state index contributed by atoms with van der Waals surface area (Å²) in [7, 11) is 0. The van der Waals surface area contributed by atoms with E-state index in [1.54, 1.807) is 6.21 Å². The molecule has 2 rings (SSSR count). The van der Waals surface area contributed by atoms with Gasteiger partial charge in [0.05, 0.1) is 6.21 Å². The lowest BCUT2D eigenvalue weighted by Crippen LogP contribution is -1.91. The Hall–Kier alpha value is -1.61. The van der Waals surface area contributed by atoms with Gasteiger partial charge in [0.25, 0.3) is 0 Å². The summed E-state index contributed by atoms with van der Waals surface area (Å²) in [5, 5.41) is 0.522. The second-order valence-electron chi connectivity index (χ2n) is 4.02. The van der Waals surface area contributed by atoms with E-state index in [9.17, 15) is 0 Å². The predicted octanol–water partition coefficient (Wildman–Crippen LogP) is 3.56. The Kier molecular flexibility index (Phi) is 3.59. The summed E-state index contributed by atoms with van der Waals surface area (Å²) >= 11 is 6.07. The van der Waals surface area contributed by atoms with E-state index in [1.807, 2.05) is 44.2 Å². The van der Waals surface area contributed by atoms with Crippen LogP contribution < -0.4 is 0 Å². The maximum absolute atomic E-state index is 6.07. The molecule has 0 aliphatic carbocycles. The third kappa shape index (κ3) is 2.94. The highest BCUT2D eigenvalue weighted by atomic mass is 35.5. The van der Waals surface area contributed by atoms with Crippen molar-refractivity contribution in [2.24, 2.45) is 4.99 Å². The van der Waals surface area contributed by atoms with E-state index in [0.717, 1.165) is 11.4 Å². The van der Waals surface area contributed by atoms with E-state index in [2.05, 4.69) is 15.0 Å². The van der Waals surface area contributed by atoms with Gasteiger partial charge >= 0.3 is 0 Å². The number of rotatable bonds is 3. The van der Waals surface area contributed by atoms with Crippen molar-refractivity contribution in [2.45, 2.75) is 19.9 Å². The van der Waals surface area contributed by atoms with Gasteiger partial charge in [-0.3, -0.25) is 4.99 Å². The van der Waals surface area contributed by atoms with Gasteiger partial charge in [0.2, 0.25) is 0 Å². The zero-order valence-corrected chi connectivity index (χ0v) is 10.6. The van der Waals surface area contributed by atoms with Crippen molar-refractivity contribution in [1.29, 1.82) is 0 Å². The Morgan fingerprint density at radius 1 is 1.29 bits per heavy atom. The van der Waals surface area contributed by atoms with Crippen LogP contribution in [0.4, 0.5) is 0 Å². The normalized spacial score (nSPS) is 11.5. The van der Waals surface area contributed by atoms with Crippen LogP contribution in [0.2, 0.25) is 5.15 Å². The molecule has 1 aromatic heterocycles. The van der Waals surface area contributed by atoms with Crippen molar-refractivity contribution in [2.75, 3.05) is 0 Å². The molecule has 1 heterocycles. The lowest BCUT2D eigenvalue weighted by Gasteiger charge is -1.93. The first-order valence-electron chi connectivity index (χ1n) is 5.51. The molecule has 3 nitrogen and oxygen atoms in total. The second kappa shape index (κ2) is 5.15. The van der Waals surface area contributed by atoms with Crippen LogP contribution in [0.1, 0.15) is 19.5 Å². The van der Waals surface area contributed by atoms with Gasteiger partial charge < -0.3 is 4.98 Å². The maximum Gasteiger partial charge on any atom is 0.139 e. The van der Waals surface area contributed by atoms with Gasteiger partial charge in [0.1, 0.15) is 16.7 Å². The number of nitrogens with one attached hydrogen (secondary N) is 1. The molecule has 4 heteroatoms. The van der Waals surface area contributed by atoms with E-state index in [4.69, 9.17) is 11.6 Å². The van der Waals surface area contributed by atoms with Crippen LogP contribution in [0.5, 0.6) is 0 Å². The summed E-state index contributed by atoms with van der Waals surface area (Å²) in [6.07, 6.45) is 1.70. The van der Waals surface area contributed by atoms with E-state index in [1.165, 1.54) is 0 Å². The third-order valence-electron chi connectivity index (χ3n) is 2.23. The molecule has 0 fully saturated rings. The lowest BCUT2D eigenvalue weighted by molar-refractivity contribution is 0.840. The van der Waals surface area contributed by atoms with Crippen LogP contribution in [0.3, 0.4) is 0 Å². The molecule has 0 aliphatic heterocycles. The van der Waals surface area contributed by atoms with Crippen LogP contribution >= 0.6 is 11.6 Å². The largest absolute Gasteiger partial charge is 0.328 e. The zero-order chi connectivity index (χ0) is 12.3. The molecule has 0 unspecified atom stereocenters. The Morgan fingerprint density at radius 2 is 2.00 bits per heavy atom. The molecule has 17 heavy (non-hydrogen) atoms. The quantitative estimate of drug-likeness (QED) is 0.828. The Labute approximate surface area is 106 Å². The molecule has 0 saturated carbocycles. The molecule has 1 aromatic carbocycles. The van der Waals surface area contributed by atoms with Crippen LogP contribution in [-0.2, 0) is 0 Å². The highest BCUT2D eigenvalue weighted by Gasteiger charge is 2.07. The Morgan fingerprint density at radius 3 is 2.65 bits per heavy atom. The summed E-state index contributed by atoms with van der Waals surface area (Å²) in [6.45, 7) is 4.02. The second-order valence-corrected chi connectivity index (χ2v) is 4.40. The highest BCUT2D eigenvalue weighted by molar-refractivity contribution is 6.31. The fraction of sp³-hybridized carbons (Fsp3) is 0.231. The number of aromatic amines is 1. The SMILES string of the molecule is CC(C)N=Cc1nc(-c2ccccc2)[nH]c1Cl. The maximum atomic E-state index is 6.07. The molecular formula is C13H14ClN3. The van der Waals surface area contributed by atoms with Crippen LogP contribution in [0.25, 0.3) is 11.4 Å². The van der Waals surface area contributed by atoms with Gasteiger partial charge in [0, 0.05) is 11.6 Å². The van der Waals surface area contributed by atoms with Gasteiger partial charge in [-0.15, -0.1) is 0 Å². The number of imidazole rings is 1. The molecule has 0 aliphatic rings. The lowest BCUT2D eigenvalue weighted by atomic mass is 10.2. The van der Waals surface area contributed by atoms with Gasteiger partial charge in [-0.25, -0.2) is 4.98 Å². The van der Waals surface area contributed by atoms with Gasteiger partial charge in [-0.2, -0.15) is 0 Å². The fourth-order valence-electron chi connectivity index (χ4n) is 1.40. The molecule has 0 radical (unpaired) electrons. The van der Waals surface area contributed by atoms with E-state index in [-0.39, 0.29) is 6.04 Å². The number of hydrogen-bond acceptors (Lipinski definition) is 2. The highest BCUT2D eigenvalue weighted by Crippen LogP contribution is 2.20. The first kappa shape index (κ1) is 11.9. The molecule has 0 atom stereocenters. The smallest absolute Gasteiger partial charge is 0.139 e. The van der Waals surface area contributed by atoms with E-state index < -0.39 is 0 Å². The van der Waals surface area contributed by atoms with Gasteiger partial charge in [0.15, 0.2) is 0 Å².